The molecule has 0 fully saturated rings. The summed E-state index contributed by atoms with van der Waals surface area (Å²) in [5.41, 5.74) is 4.13. The van der Waals surface area contributed by atoms with Gasteiger partial charge in [-0.2, -0.15) is 0 Å². The van der Waals surface area contributed by atoms with Gasteiger partial charge in [-0.3, -0.25) is 0 Å². The van der Waals surface area contributed by atoms with Gasteiger partial charge in [0.1, 0.15) is 0 Å². The van der Waals surface area contributed by atoms with Crippen LogP contribution in [0.1, 0.15) is 30.5 Å². The number of methoxy groups -OCH3 is 2. The SMILES string of the molecule is CCc1cccc(CC)c1NC(=O)NCc1ccc(OC)c(OC)c1. The topological polar surface area (TPSA) is 59.6 Å². The molecule has 0 aliphatic rings. The lowest BCUT2D eigenvalue weighted by atomic mass is 10.0. The molecule has 0 saturated heterocycles. The number of ether oxygens (including phenoxy) is 2. The first-order valence-electron chi connectivity index (χ1n) is 8.49. The Morgan fingerprint density at radius 3 is 2.16 bits per heavy atom. The summed E-state index contributed by atoms with van der Waals surface area (Å²) in [7, 11) is 3.19. The second kappa shape index (κ2) is 8.97. The molecule has 5 heteroatoms. The number of hydrogen-bond acceptors (Lipinski definition) is 3. The predicted octanol–water partition coefficient (Wildman–Crippen LogP) is 4.15. The number of aryl methyl sites for hydroxylation is 2. The number of carbonyl (C=O) groups excluding carboxylic acids is 1. The third-order valence-corrected chi connectivity index (χ3v) is 4.14. The van der Waals surface area contributed by atoms with E-state index in [0.29, 0.717) is 18.0 Å². The van der Waals surface area contributed by atoms with Gasteiger partial charge >= 0.3 is 6.03 Å². The molecule has 25 heavy (non-hydrogen) atoms. The molecule has 0 aliphatic heterocycles. The van der Waals surface area contributed by atoms with E-state index in [1.54, 1.807) is 14.2 Å². The maximum absolute atomic E-state index is 12.3. The van der Waals surface area contributed by atoms with Crippen molar-refractivity contribution < 1.29 is 14.3 Å². The van der Waals surface area contributed by atoms with Crippen molar-refractivity contribution in [2.24, 2.45) is 0 Å². The Morgan fingerprint density at radius 2 is 1.60 bits per heavy atom. The molecule has 0 radical (unpaired) electrons. The highest BCUT2D eigenvalue weighted by atomic mass is 16.5. The van der Waals surface area contributed by atoms with E-state index in [9.17, 15) is 4.79 Å². The average Bonchev–Trinajstić information content (AvgIpc) is 2.66. The maximum Gasteiger partial charge on any atom is 0.319 e. The molecule has 2 amide bonds. The zero-order valence-electron chi connectivity index (χ0n) is 15.3. The van der Waals surface area contributed by atoms with Crippen LogP contribution < -0.4 is 20.1 Å². The van der Waals surface area contributed by atoms with Crippen molar-refractivity contribution in [2.45, 2.75) is 33.2 Å². The van der Waals surface area contributed by atoms with E-state index in [4.69, 9.17) is 9.47 Å². The molecule has 2 aromatic carbocycles. The lowest BCUT2D eigenvalue weighted by Gasteiger charge is -2.15. The first kappa shape index (κ1) is 18.6. The average molecular weight is 342 g/mol. The van der Waals surface area contributed by atoms with Crippen molar-refractivity contribution in [3.05, 3.63) is 53.1 Å². The van der Waals surface area contributed by atoms with Crippen molar-refractivity contribution in [3.8, 4) is 11.5 Å². The second-order valence-corrected chi connectivity index (χ2v) is 5.66. The molecule has 0 aromatic heterocycles. The smallest absolute Gasteiger partial charge is 0.319 e. The van der Waals surface area contributed by atoms with Gasteiger partial charge in [0, 0.05) is 12.2 Å². The van der Waals surface area contributed by atoms with Crippen LogP contribution in [0.2, 0.25) is 0 Å². The van der Waals surface area contributed by atoms with E-state index < -0.39 is 0 Å². The minimum absolute atomic E-state index is 0.217. The van der Waals surface area contributed by atoms with Crippen molar-refractivity contribution >= 4 is 11.7 Å². The molecule has 0 unspecified atom stereocenters. The molecule has 2 N–H and O–H groups in total. The third-order valence-electron chi connectivity index (χ3n) is 4.14. The lowest BCUT2D eigenvalue weighted by molar-refractivity contribution is 0.251. The molecule has 0 atom stereocenters. The summed E-state index contributed by atoms with van der Waals surface area (Å²) < 4.78 is 10.5. The van der Waals surface area contributed by atoms with Gasteiger partial charge in [0.05, 0.1) is 14.2 Å². The second-order valence-electron chi connectivity index (χ2n) is 5.66. The molecule has 0 saturated carbocycles. The van der Waals surface area contributed by atoms with Gasteiger partial charge in [-0.1, -0.05) is 38.1 Å². The quantitative estimate of drug-likeness (QED) is 0.795. The Kier molecular flexibility index (Phi) is 6.69. The Balaban J connectivity index is 2.04. The number of hydrogen-bond donors (Lipinski definition) is 2. The Labute approximate surface area is 149 Å². The number of benzene rings is 2. The monoisotopic (exact) mass is 342 g/mol. The van der Waals surface area contributed by atoms with Crippen LogP contribution >= 0.6 is 0 Å². The van der Waals surface area contributed by atoms with Crippen LogP contribution in [0, 0.1) is 0 Å². The maximum atomic E-state index is 12.3. The van der Waals surface area contributed by atoms with Gasteiger partial charge in [-0.05, 0) is 41.7 Å². The predicted molar refractivity (Wildman–Crippen MR) is 101 cm³/mol. The molecule has 5 nitrogen and oxygen atoms in total. The van der Waals surface area contributed by atoms with Crippen molar-refractivity contribution in [1.29, 1.82) is 0 Å². The van der Waals surface area contributed by atoms with Crippen LogP contribution in [0.4, 0.5) is 10.5 Å². The summed E-state index contributed by atoms with van der Waals surface area (Å²) in [6.07, 6.45) is 1.75. The minimum Gasteiger partial charge on any atom is -0.493 e. The summed E-state index contributed by atoms with van der Waals surface area (Å²) in [6, 6.07) is 11.5. The van der Waals surface area contributed by atoms with E-state index in [1.165, 1.54) is 0 Å². The lowest BCUT2D eigenvalue weighted by Crippen LogP contribution is -2.29. The summed E-state index contributed by atoms with van der Waals surface area (Å²) >= 11 is 0. The fraction of sp³-hybridized carbons (Fsp3) is 0.350. The normalized spacial score (nSPS) is 10.2. The first-order chi connectivity index (χ1) is 12.1. The fourth-order valence-electron chi connectivity index (χ4n) is 2.73. The summed E-state index contributed by atoms with van der Waals surface area (Å²) in [5, 5.41) is 5.89. The third kappa shape index (κ3) is 4.66. The van der Waals surface area contributed by atoms with Crippen LogP contribution in [0.3, 0.4) is 0 Å². The molecule has 0 heterocycles. The number of anilines is 1. The number of amides is 2. The van der Waals surface area contributed by atoms with Crippen molar-refractivity contribution in [2.75, 3.05) is 19.5 Å². The summed E-state index contributed by atoms with van der Waals surface area (Å²) in [6.45, 7) is 4.57. The van der Waals surface area contributed by atoms with Crippen LogP contribution in [0.25, 0.3) is 0 Å². The van der Waals surface area contributed by atoms with Crippen LogP contribution in [-0.4, -0.2) is 20.3 Å². The highest BCUT2D eigenvalue weighted by Crippen LogP contribution is 2.27. The van der Waals surface area contributed by atoms with E-state index in [1.807, 2.05) is 36.4 Å². The summed E-state index contributed by atoms with van der Waals surface area (Å²) in [4.78, 5) is 12.3. The van der Waals surface area contributed by atoms with Crippen LogP contribution in [0.5, 0.6) is 11.5 Å². The highest BCUT2D eigenvalue weighted by molar-refractivity contribution is 5.91. The van der Waals surface area contributed by atoms with Gasteiger partial charge in [0.15, 0.2) is 11.5 Å². The minimum atomic E-state index is -0.217. The molecule has 0 aliphatic carbocycles. The van der Waals surface area contributed by atoms with Gasteiger partial charge in [0.25, 0.3) is 0 Å². The molecule has 2 aromatic rings. The Hall–Kier alpha value is -2.69. The number of urea groups is 1. The van der Waals surface area contributed by atoms with Gasteiger partial charge in [0.2, 0.25) is 0 Å². The number of carbonyl (C=O) groups is 1. The van der Waals surface area contributed by atoms with Gasteiger partial charge in [-0.25, -0.2) is 4.79 Å². The number of nitrogens with one attached hydrogen (secondary N) is 2. The molecule has 134 valence electrons. The van der Waals surface area contributed by atoms with Crippen LogP contribution in [0.15, 0.2) is 36.4 Å². The molecule has 0 bridgehead atoms. The van der Waals surface area contributed by atoms with Crippen LogP contribution in [-0.2, 0) is 19.4 Å². The van der Waals surface area contributed by atoms with Crippen molar-refractivity contribution in [3.63, 3.8) is 0 Å². The van der Waals surface area contributed by atoms with E-state index >= 15 is 0 Å². The number of rotatable bonds is 7. The Morgan fingerprint density at radius 1 is 0.960 bits per heavy atom. The fourth-order valence-corrected chi connectivity index (χ4v) is 2.73. The van der Waals surface area contributed by atoms with E-state index in [2.05, 4.69) is 24.5 Å². The highest BCUT2D eigenvalue weighted by Gasteiger charge is 2.10. The molecule has 0 spiro atoms. The molecular weight excluding hydrogens is 316 g/mol. The zero-order valence-corrected chi connectivity index (χ0v) is 15.3. The van der Waals surface area contributed by atoms with Crippen molar-refractivity contribution in [1.82, 2.24) is 5.32 Å². The zero-order chi connectivity index (χ0) is 18.2. The standard InChI is InChI=1S/C20H26N2O3/c1-5-15-8-7-9-16(6-2)19(15)22-20(23)21-13-14-10-11-17(24-3)18(12-14)25-4/h7-12H,5-6,13H2,1-4H3,(H2,21,22,23). The van der Waals surface area contributed by atoms with E-state index in [-0.39, 0.29) is 6.03 Å². The van der Waals surface area contributed by atoms with E-state index in [0.717, 1.165) is 35.2 Å². The molecule has 2 rings (SSSR count). The van der Waals surface area contributed by atoms with Gasteiger partial charge in [-0.15, -0.1) is 0 Å². The Bertz CT molecular complexity index is 707. The summed E-state index contributed by atoms with van der Waals surface area (Å²) in [5.74, 6) is 1.31. The molecular formula is C20H26N2O3. The number of para-hydroxylation sites is 1. The first-order valence-corrected chi connectivity index (χ1v) is 8.49. The largest absolute Gasteiger partial charge is 0.493 e. The van der Waals surface area contributed by atoms with Gasteiger partial charge < -0.3 is 20.1 Å².